The summed E-state index contributed by atoms with van der Waals surface area (Å²) in [6, 6.07) is 0. The van der Waals surface area contributed by atoms with E-state index in [1.54, 1.807) is 0 Å². The van der Waals surface area contributed by atoms with Gasteiger partial charge in [0, 0.05) is 0 Å². The van der Waals surface area contributed by atoms with Crippen molar-refractivity contribution >= 4 is 7.85 Å². The van der Waals surface area contributed by atoms with Crippen molar-refractivity contribution in [2.24, 2.45) is 0 Å². The zero-order valence-electron chi connectivity index (χ0n) is 8.68. The second-order valence-corrected chi connectivity index (χ2v) is 3.51. The standard InChI is InChI=1S/C10H22BN/c1-3-4-5-6-9-12(2)10-7-8-11/h3-10H2,1-2H3. The van der Waals surface area contributed by atoms with Gasteiger partial charge in [-0.2, -0.15) is 0 Å². The van der Waals surface area contributed by atoms with Gasteiger partial charge in [0.2, 0.25) is 0 Å². The first kappa shape index (κ1) is 12.0. The predicted molar refractivity (Wildman–Crippen MR) is 56.8 cm³/mol. The molecule has 0 aromatic heterocycles. The third-order valence-corrected chi connectivity index (χ3v) is 2.14. The van der Waals surface area contributed by atoms with E-state index in [1.165, 1.54) is 32.2 Å². The first-order valence-corrected chi connectivity index (χ1v) is 5.20. The molecule has 0 amide bonds. The molecular weight excluding hydrogens is 145 g/mol. The Bertz CT molecular complexity index is 85.9. The molecule has 0 fully saturated rings. The number of unbranched alkanes of at least 4 members (excludes halogenated alkanes) is 3. The highest BCUT2D eigenvalue weighted by atomic mass is 15.1. The average molecular weight is 167 g/mol. The maximum Gasteiger partial charge on any atom is 0.0653 e. The van der Waals surface area contributed by atoms with Crippen molar-refractivity contribution in [1.29, 1.82) is 0 Å². The summed E-state index contributed by atoms with van der Waals surface area (Å²) in [4.78, 5) is 2.38. The van der Waals surface area contributed by atoms with Crippen LogP contribution in [0, 0.1) is 0 Å². The molecule has 0 aliphatic carbocycles. The number of hydrogen-bond donors (Lipinski definition) is 0. The van der Waals surface area contributed by atoms with Crippen molar-refractivity contribution in [2.75, 3.05) is 20.1 Å². The summed E-state index contributed by atoms with van der Waals surface area (Å²) >= 11 is 0. The van der Waals surface area contributed by atoms with Crippen molar-refractivity contribution in [1.82, 2.24) is 4.90 Å². The first-order valence-electron chi connectivity index (χ1n) is 5.20. The van der Waals surface area contributed by atoms with Gasteiger partial charge in [-0.25, -0.2) is 0 Å². The molecule has 0 spiro atoms. The highest BCUT2D eigenvalue weighted by Gasteiger charge is 1.95. The van der Waals surface area contributed by atoms with Gasteiger partial charge in [-0.1, -0.05) is 32.5 Å². The molecule has 0 unspecified atom stereocenters. The number of hydrogen-bond acceptors (Lipinski definition) is 1. The van der Waals surface area contributed by atoms with Crippen LogP contribution in [0.2, 0.25) is 6.32 Å². The smallest absolute Gasteiger partial charge is 0.0653 e. The molecule has 0 aromatic rings. The molecule has 2 radical (unpaired) electrons. The van der Waals surface area contributed by atoms with Crippen LogP contribution in [0.15, 0.2) is 0 Å². The molecule has 1 nitrogen and oxygen atoms in total. The van der Waals surface area contributed by atoms with Crippen molar-refractivity contribution in [3.63, 3.8) is 0 Å². The van der Waals surface area contributed by atoms with Crippen LogP contribution in [-0.2, 0) is 0 Å². The van der Waals surface area contributed by atoms with Crippen LogP contribution in [0.4, 0.5) is 0 Å². The summed E-state index contributed by atoms with van der Waals surface area (Å²) in [7, 11) is 7.61. The van der Waals surface area contributed by atoms with Gasteiger partial charge in [0.1, 0.15) is 0 Å². The predicted octanol–water partition coefficient (Wildman–Crippen LogP) is 2.48. The van der Waals surface area contributed by atoms with Crippen LogP contribution < -0.4 is 0 Å². The third-order valence-electron chi connectivity index (χ3n) is 2.14. The summed E-state index contributed by atoms with van der Waals surface area (Å²) < 4.78 is 0. The van der Waals surface area contributed by atoms with Crippen molar-refractivity contribution in [3.05, 3.63) is 0 Å². The van der Waals surface area contributed by atoms with E-state index >= 15 is 0 Å². The van der Waals surface area contributed by atoms with Crippen molar-refractivity contribution in [2.45, 2.75) is 45.3 Å². The summed E-state index contributed by atoms with van der Waals surface area (Å²) in [5.74, 6) is 0. The molecule has 70 valence electrons. The van der Waals surface area contributed by atoms with Crippen LogP contribution in [0.1, 0.15) is 39.0 Å². The molecule has 0 rings (SSSR count). The molecule has 0 atom stereocenters. The molecule has 0 aliphatic heterocycles. The lowest BCUT2D eigenvalue weighted by molar-refractivity contribution is 0.325. The molecule has 0 bridgehead atoms. The van der Waals surface area contributed by atoms with Gasteiger partial charge in [0.05, 0.1) is 7.85 Å². The molecule has 0 N–H and O–H groups in total. The maximum atomic E-state index is 5.43. The second-order valence-electron chi connectivity index (χ2n) is 3.51. The fraction of sp³-hybridized carbons (Fsp3) is 1.00. The van der Waals surface area contributed by atoms with E-state index in [1.807, 2.05) is 0 Å². The van der Waals surface area contributed by atoms with E-state index in [4.69, 9.17) is 7.85 Å². The lowest BCUT2D eigenvalue weighted by Gasteiger charge is -2.15. The van der Waals surface area contributed by atoms with Gasteiger partial charge in [-0.3, -0.25) is 0 Å². The maximum absolute atomic E-state index is 5.43. The van der Waals surface area contributed by atoms with E-state index in [0.29, 0.717) is 0 Å². The van der Waals surface area contributed by atoms with Gasteiger partial charge < -0.3 is 4.90 Å². The Morgan fingerprint density at radius 1 is 1.00 bits per heavy atom. The average Bonchev–Trinajstić information content (AvgIpc) is 2.09. The Morgan fingerprint density at radius 3 is 2.25 bits per heavy atom. The molecular formula is C10H22BN. The Balaban J connectivity index is 3.02. The van der Waals surface area contributed by atoms with Crippen LogP contribution in [0.25, 0.3) is 0 Å². The Labute approximate surface area is 78.9 Å². The quantitative estimate of drug-likeness (QED) is 0.396. The Morgan fingerprint density at radius 2 is 1.67 bits per heavy atom. The normalized spacial score (nSPS) is 10.9. The molecule has 2 heteroatoms. The van der Waals surface area contributed by atoms with Crippen LogP contribution >= 0.6 is 0 Å². The van der Waals surface area contributed by atoms with Crippen LogP contribution in [0.3, 0.4) is 0 Å². The number of rotatable bonds is 8. The van der Waals surface area contributed by atoms with Crippen molar-refractivity contribution < 1.29 is 0 Å². The van der Waals surface area contributed by atoms with Crippen molar-refractivity contribution in [3.8, 4) is 0 Å². The third kappa shape index (κ3) is 8.12. The first-order chi connectivity index (χ1) is 5.81. The van der Waals surface area contributed by atoms with E-state index in [9.17, 15) is 0 Å². The van der Waals surface area contributed by atoms with Crippen LogP contribution in [-0.4, -0.2) is 32.9 Å². The summed E-state index contributed by atoms with van der Waals surface area (Å²) in [6.45, 7) is 4.64. The Kier molecular flexibility index (Phi) is 9.13. The number of nitrogens with zero attached hydrogens (tertiary/aromatic N) is 1. The van der Waals surface area contributed by atoms with Gasteiger partial charge in [0.15, 0.2) is 0 Å². The SMILES string of the molecule is [B]CCCN(C)CCCCCC. The summed E-state index contributed by atoms with van der Waals surface area (Å²) in [5.41, 5.74) is 0. The molecule has 0 aromatic carbocycles. The monoisotopic (exact) mass is 167 g/mol. The topological polar surface area (TPSA) is 3.24 Å². The van der Waals surface area contributed by atoms with E-state index in [2.05, 4.69) is 18.9 Å². The fourth-order valence-corrected chi connectivity index (χ4v) is 1.28. The minimum absolute atomic E-state index is 0.819. The molecule has 0 saturated heterocycles. The zero-order valence-corrected chi connectivity index (χ0v) is 8.68. The van der Waals surface area contributed by atoms with E-state index in [0.717, 1.165) is 19.3 Å². The minimum Gasteiger partial charge on any atom is -0.306 e. The highest BCUT2D eigenvalue weighted by Crippen LogP contribution is 2.00. The summed E-state index contributed by atoms with van der Waals surface area (Å²) in [5, 5.41) is 0. The van der Waals surface area contributed by atoms with E-state index < -0.39 is 0 Å². The van der Waals surface area contributed by atoms with Gasteiger partial charge in [0.25, 0.3) is 0 Å². The molecule has 0 aliphatic rings. The minimum atomic E-state index is 0.819. The molecule has 0 heterocycles. The Hall–Kier alpha value is 0.0249. The van der Waals surface area contributed by atoms with Gasteiger partial charge in [-0.15, -0.1) is 0 Å². The molecule has 0 saturated carbocycles. The van der Waals surface area contributed by atoms with Crippen LogP contribution in [0.5, 0.6) is 0 Å². The molecule has 12 heavy (non-hydrogen) atoms. The summed E-state index contributed by atoms with van der Waals surface area (Å²) in [6.07, 6.45) is 7.37. The largest absolute Gasteiger partial charge is 0.306 e. The van der Waals surface area contributed by atoms with E-state index in [-0.39, 0.29) is 0 Å². The lowest BCUT2D eigenvalue weighted by Crippen LogP contribution is -2.20. The fourth-order valence-electron chi connectivity index (χ4n) is 1.28. The second kappa shape index (κ2) is 9.12. The van der Waals surface area contributed by atoms with Gasteiger partial charge >= 0.3 is 0 Å². The zero-order chi connectivity index (χ0) is 9.23. The lowest BCUT2D eigenvalue weighted by atomic mass is 10.0. The van der Waals surface area contributed by atoms with Gasteiger partial charge in [-0.05, 0) is 33.0 Å². The highest BCUT2D eigenvalue weighted by molar-refractivity contribution is 6.08.